The molecule has 2 aromatic carbocycles. The van der Waals surface area contributed by atoms with E-state index in [1.54, 1.807) is 0 Å². The molecule has 4 nitrogen and oxygen atoms in total. The average molecular weight is 344 g/mol. The zero-order valence-corrected chi connectivity index (χ0v) is 15.6. The van der Waals surface area contributed by atoms with Crippen LogP contribution < -0.4 is 0 Å². The van der Waals surface area contributed by atoms with Crippen molar-refractivity contribution in [2.24, 2.45) is 20.5 Å². The number of hydrogen-bond acceptors (Lipinski definition) is 4. The number of allylic oxidation sites excluding steroid dienone is 3. The van der Waals surface area contributed by atoms with Gasteiger partial charge in [-0.05, 0) is 86.2 Å². The van der Waals surface area contributed by atoms with Crippen LogP contribution in [0.1, 0.15) is 37.8 Å². The van der Waals surface area contributed by atoms with E-state index in [2.05, 4.69) is 52.5 Å². The van der Waals surface area contributed by atoms with Gasteiger partial charge in [0.2, 0.25) is 0 Å². The fourth-order valence-electron chi connectivity index (χ4n) is 2.72. The van der Waals surface area contributed by atoms with E-state index in [0.29, 0.717) is 0 Å². The van der Waals surface area contributed by atoms with Gasteiger partial charge < -0.3 is 0 Å². The standard InChI is InChI=1S/C22H24N4/c1-4-18-9-11-19(12-10-18)23-26-22-14-13-20(15-17(22)3)24-25-21-8-6-5-7-16(21)2/h6,8-15H,4-5,7H2,1-3H3. The van der Waals surface area contributed by atoms with Gasteiger partial charge in [0.15, 0.2) is 0 Å². The number of nitrogens with zero attached hydrogens (tertiary/aromatic N) is 4. The van der Waals surface area contributed by atoms with E-state index in [4.69, 9.17) is 0 Å². The normalized spacial score (nSPS) is 14.7. The van der Waals surface area contributed by atoms with Crippen LogP contribution >= 0.6 is 0 Å². The highest BCUT2D eigenvalue weighted by atomic mass is 15.1. The molecule has 0 aliphatic heterocycles. The van der Waals surface area contributed by atoms with Crippen LogP contribution in [0.15, 0.2) is 86.3 Å². The van der Waals surface area contributed by atoms with Crippen molar-refractivity contribution in [1.82, 2.24) is 0 Å². The van der Waals surface area contributed by atoms with Crippen LogP contribution in [0.2, 0.25) is 0 Å². The van der Waals surface area contributed by atoms with Crippen molar-refractivity contribution in [3.8, 4) is 0 Å². The molecule has 1 aliphatic rings. The highest BCUT2D eigenvalue weighted by Gasteiger charge is 2.03. The van der Waals surface area contributed by atoms with E-state index in [0.717, 1.165) is 47.6 Å². The van der Waals surface area contributed by atoms with Gasteiger partial charge in [-0.15, -0.1) is 0 Å². The molecule has 0 amide bonds. The van der Waals surface area contributed by atoms with E-state index in [-0.39, 0.29) is 0 Å². The molecule has 4 heteroatoms. The van der Waals surface area contributed by atoms with Gasteiger partial charge >= 0.3 is 0 Å². The quantitative estimate of drug-likeness (QED) is 0.499. The molecule has 0 radical (unpaired) electrons. The maximum atomic E-state index is 4.38. The summed E-state index contributed by atoms with van der Waals surface area (Å²) in [7, 11) is 0. The predicted molar refractivity (Wildman–Crippen MR) is 107 cm³/mol. The Hall–Kier alpha value is -2.88. The van der Waals surface area contributed by atoms with Crippen LogP contribution in [0.3, 0.4) is 0 Å². The van der Waals surface area contributed by atoms with Crippen LogP contribution in [0, 0.1) is 6.92 Å². The van der Waals surface area contributed by atoms with Crippen molar-refractivity contribution in [2.45, 2.75) is 40.0 Å². The SMILES string of the molecule is CCc1ccc(N=Nc2ccc(N=NC3=C(C)CCC=C3)cc2C)cc1. The van der Waals surface area contributed by atoms with Crippen LogP contribution in [0.4, 0.5) is 17.1 Å². The highest BCUT2D eigenvalue weighted by molar-refractivity contribution is 5.53. The molecule has 0 N–H and O–H groups in total. The van der Waals surface area contributed by atoms with Gasteiger partial charge in [-0.3, -0.25) is 0 Å². The third-order valence-electron chi connectivity index (χ3n) is 4.47. The Kier molecular flexibility index (Phi) is 5.84. The molecule has 0 saturated heterocycles. The van der Waals surface area contributed by atoms with Gasteiger partial charge in [0.05, 0.1) is 22.8 Å². The summed E-state index contributed by atoms with van der Waals surface area (Å²) in [5.41, 5.74) is 7.11. The van der Waals surface area contributed by atoms with Gasteiger partial charge in [0.1, 0.15) is 0 Å². The summed E-state index contributed by atoms with van der Waals surface area (Å²) < 4.78 is 0. The molecule has 0 unspecified atom stereocenters. The van der Waals surface area contributed by atoms with E-state index in [1.165, 1.54) is 11.1 Å². The smallest absolute Gasteiger partial charge is 0.0887 e. The molecule has 0 fully saturated rings. The highest BCUT2D eigenvalue weighted by Crippen LogP contribution is 2.27. The summed E-state index contributed by atoms with van der Waals surface area (Å²) in [4.78, 5) is 0. The summed E-state index contributed by atoms with van der Waals surface area (Å²) in [6.45, 7) is 6.26. The summed E-state index contributed by atoms with van der Waals surface area (Å²) in [5.74, 6) is 0. The van der Waals surface area contributed by atoms with E-state index in [9.17, 15) is 0 Å². The van der Waals surface area contributed by atoms with E-state index >= 15 is 0 Å². The molecule has 0 atom stereocenters. The number of hydrogen-bond donors (Lipinski definition) is 0. The Morgan fingerprint density at radius 3 is 2.27 bits per heavy atom. The molecular weight excluding hydrogens is 320 g/mol. The summed E-state index contributed by atoms with van der Waals surface area (Å²) in [5, 5.41) is 17.4. The Morgan fingerprint density at radius 1 is 0.846 bits per heavy atom. The first kappa shape index (κ1) is 17.9. The molecule has 0 bridgehead atoms. The van der Waals surface area contributed by atoms with Crippen LogP contribution in [0.5, 0.6) is 0 Å². The second-order valence-corrected chi connectivity index (χ2v) is 6.50. The molecule has 0 spiro atoms. The average Bonchev–Trinajstić information content (AvgIpc) is 2.67. The molecule has 26 heavy (non-hydrogen) atoms. The lowest BCUT2D eigenvalue weighted by atomic mass is 10.0. The first-order valence-electron chi connectivity index (χ1n) is 9.05. The molecule has 132 valence electrons. The fraction of sp³-hybridized carbons (Fsp3) is 0.273. The van der Waals surface area contributed by atoms with E-state index < -0.39 is 0 Å². The minimum absolute atomic E-state index is 0.827. The van der Waals surface area contributed by atoms with Crippen molar-refractivity contribution in [3.05, 3.63) is 77.0 Å². The lowest BCUT2D eigenvalue weighted by molar-refractivity contribution is 0.920. The summed E-state index contributed by atoms with van der Waals surface area (Å²) in [6.07, 6.45) is 7.36. The maximum Gasteiger partial charge on any atom is 0.0887 e. The minimum Gasteiger partial charge on any atom is -0.151 e. The Balaban J connectivity index is 1.72. The lowest BCUT2D eigenvalue weighted by Gasteiger charge is -2.06. The van der Waals surface area contributed by atoms with Crippen molar-refractivity contribution >= 4 is 17.1 Å². The minimum atomic E-state index is 0.827. The second kappa shape index (κ2) is 8.48. The zero-order valence-electron chi connectivity index (χ0n) is 15.6. The van der Waals surface area contributed by atoms with Crippen LogP contribution in [-0.2, 0) is 6.42 Å². The Bertz CT molecular complexity index is 887. The Labute approximate surface area is 155 Å². The van der Waals surface area contributed by atoms with Crippen molar-refractivity contribution in [3.63, 3.8) is 0 Å². The molecule has 0 saturated carbocycles. The van der Waals surface area contributed by atoms with Gasteiger partial charge in [-0.1, -0.05) is 25.1 Å². The largest absolute Gasteiger partial charge is 0.151 e. The van der Waals surface area contributed by atoms with E-state index in [1.807, 2.05) is 43.3 Å². The molecular formula is C22H24N4. The van der Waals surface area contributed by atoms with Crippen molar-refractivity contribution < 1.29 is 0 Å². The number of benzene rings is 2. The molecule has 2 aromatic rings. The third kappa shape index (κ3) is 4.60. The summed E-state index contributed by atoms with van der Waals surface area (Å²) >= 11 is 0. The molecule has 3 rings (SSSR count). The van der Waals surface area contributed by atoms with Crippen LogP contribution in [-0.4, -0.2) is 0 Å². The second-order valence-electron chi connectivity index (χ2n) is 6.50. The maximum absolute atomic E-state index is 4.38. The first-order valence-corrected chi connectivity index (χ1v) is 9.05. The topological polar surface area (TPSA) is 49.4 Å². The zero-order chi connectivity index (χ0) is 18.4. The first-order chi connectivity index (χ1) is 12.7. The predicted octanol–water partition coefficient (Wildman–Crippen LogP) is 7.68. The van der Waals surface area contributed by atoms with Gasteiger partial charge in [-0.25, -0.2) is 0 Å². The van der Waals surface area contributed by atoms with Crippen LogP contribution in [0.25, 0.3) is 0 Å². The van der Waals surface area contributed by atoms with Gasteiger partial charge in [-0.2, -0.15) is 20.5 Å². The van der Waals surface area contributed by atoms with Gasteiger partial charge in [0.25, 0.3) is 0 Å². The van der Waals surface area contributed by atoms with Crippen molar-refractivity contribution in [2.75, 3.05) is 0 Å². The fourth-order valence-corrected chi connectivity index (χ4v) is 2.72. The molecule has 1 aliphatic carbocycles. The van der Waals surface area contributed by atoms with Gasteiger partial charge in [0, 0.05) is 0 Å². The Morgan fingerprint density at radius 2 is 1.58 bits per heavy atom. The number of rotatable bonds is 5. The summed E-state index contributed by atoms with van der Waals surface area (Å²) in [6, 6.07) is 14.0. The number of azo groups is 2. The lowest BCUT2D eigenvalue weighted by Crippen LogP contribution is -1.87. The molecule has 0 aromatic heterocycles. The number of aryl methyl sites for hydroxylation is 2. The monoisotopic (exact) mass is 344 g/mol. The molecule has 0 heterocycles. The van der Waals surface area contributed by atoms with Crippen molar-refractivity contribution in [1.29, 1.82) is 0 Å². The third-order valence-corrected chi connectivity index (χ3v) is 4.47.